The Morgan fingerprint density at radius 2 is 2.00 bits per heavy atom. The number of fused-ring (bicyclic) bond motifs is 1. The summed E-state index contributed by atoms with van der Waals surface area (Å²) in [5, 5.41) is 11.7. The van der Waals surface area contributed by atoms with Crippen molar-refractivity contribution in [1.82, 2.24) is 5.32 Å². The van der Waals surface area contributed by atoms with Crippen LogP contribution in [0.2, 0.25) is 0 Å². The van der Waals surface area contributed by atoms with Gasteiger partial charge in [0, 0.05) is 24.7 Å². The number of carbonyl (C=O) groups excluding carboxylic acids is 2. The maximum absolute atomic E-state index is 12.2. The monoisotopic (exact) mass is 288 g/mol. The molecular weight excluding hydrogens is 272 g/mol. The van der Waals surface area contributed by atoms with E-state index < -0.39 is 11.5 Å². The molecule has 2 aliphatic rings. The number of carboxylic acid groups (broad SMARTS) is 1. The van der Waals surface area contributed by atoms with Crippen LogP contribution in [0.3, 0.4) is 0 Å². The summed E-state index contributed by atoms with van der Waals surface area (Å²) in [5.74, 6) is -1.31. The number of amides is 2. The third-order valence-corrected chi connectivity index (χ3v) is 4.20. The smallest absolute Gasteiger partial charge is 0.329 e. The first-order chi connectivity index (χ1) is 9.93. The average molecular weight is 288 g/mol. The summed E-state index contributed by atoms with van der Waals surface area (Å²) in [6, 6.07) is 5.11. The van der Waals surface area contributed by atoms with Gasteiger partial charge in [0.15, 0.2) is 0 Å². The third kappa shape index (κ3) is 2.26. The van der Waals surface area contributed by atoms with Gasteiger partial charge in [-0.3, -0.25) is 9.59 Å². The van der Waals surface area contributed by atoms with Crippen LogP contribution in [0.4, 0.5) is 5.69 Å². The average Bonchev–Trinajstić information content (AvgIpc) is 3.23. The fraction of sp³-hybridized carbons (Fsp3) is 0.400. The van der Waals surface area contributed by atoms with E-state index in [9.17, 15) is 14.4 Å². The third-order valence-electron chi connectivity index (χ3n) is 4.20. The zero-order chi connectivity index (χ0) is 15.2. The zero-order valence-corrected chi connectivity index (χ0v) is 11.7. The number of nitrogens with zero attached hydrogens (tertiary/aromatic N) is 1. The molecule has 1 saturated carbocycles. The molecule has 0 saturated heterocycles. The summed E-state index contributed by atoms with van der Waals surface area (Å²) < 4.78 is 0. The molecule has 0 spiro atoms. The van der Waals surface area contributed by atoms with E-state index in [-0.39, 0.29) is 11.8 Å². The minimum absolute atomic E-state index is 0.0579. The van der Waals surface area contributed by atoms with E-state index in [1.165, 1.54) is 0 Å². The van der Waals surface area contributed by atoms with Crippen molar-refractivity contribution in [3.63, 3.8) is 0 Å². The number of aryl methyl sites for hydroxylation is 1. The normalized spacial score (nSPS) is 18.9. The predicted octanol–water partition coefficient (Wildman–Crippen LogP) is 0.943. The number of aliphatic carboxylic acids is 1. The molecule has 1 aromatic carbocycles. The van der Waals surface area contributed by atoms with Gasteiger partial charge in [-0.2, -0.15) is 0 Å². The Hall–Kier alpha value is -2.37. The van der Waals surface area contributed by atoms with Gasteiger partial charge in [0.25, 0.3) is 5.91 Å². The van der Waals surface area contributed by atoms with E-state index in [0.29, 0.717) is 31.2 Å². The Morgan fingerprint density at radius 1 is 1.29 bits per heavy atom. The summed E-state index contributed by atoms with van der Waals surface area (Å²) in [6.45, 7) is 0. The highest BCUT2D eigenvalue weighted by Crippen LogP contribution is 2.36. The van der Waals surface area contributed by atoms with E-state index in [1.807, 2.05) is 0 Å². The van der Waals surface area contributed by atoms with Gasteiger partial charge in [-0.15, -0.1) is 0 Å². The molecule has 1 aliphatic carbocycles. The maximum atomic E-state index is 12.2. The van der Waals surface area contributed by atoms with Gasteiger partial charge >= 0.3 is 5.97 Å². The lowest BCUT2D eigenvalue weighted by Gasteiger charge is -2.26. The summed E-state index contributed by atoms with van der Waals surface area (Å²) in [5.41, 5.74) is 1.09. The largest absolute Gasteiger partial charge is 0.480 e. The molecule has 2 amide bonds. The second-order valence-corrected chi connectivity index (χ2v) is 5.64. The van der Waals surface area contributed by atoms with E-state index in [0.717, 1.165) is 11.3 Å². The molecule has 0 aromatic heterocycles. The molecule has 1 fully saturated rings. The molecule has 6 heteroatoms. The van der Waals surface area contributed by atoms with Gasteiger partial charge in [-0.25, -0.2) is 4.79 Å². The van der Waals surface area contributed by atoms with Crippen molar-refractivity contribution in [2.45, 2.75) is 31.2 Å². The molecule has 21 heavy (non-hydrogen) atoms. The quantitative estimate of drug-likeness (QED) is 0.866. The molecule has 2 N–H and O–H groups in total. The predicted molar refractivity (Wildman–Crippen MR) is 75.2 cm³/mol. The highest BCUT2D eigenvalue weighted by Gasteiger charge is 2.51. The standard InChI is InChI=1S/C15H16N2O4/c1-17-11-4-2-10(8-9(11)3-5-12(17)18)13(19)16-15(6-7-15)14(20)21/h2,4,8H,3,5-7H2,1H3,(H,16,19)(H,20,21). The van der Waals surface area contributed by atoms with Gasteiger partial charge in [0.05, 0.1) is 0 Å². The SMILES string of the molecule is CN1C(=O)CCc2cc(C(=O)NC3(C(=O)O)CC3)ccc21. The topological polar surface area (TPSA) is 86.7 Å². The van der Waals surface area contributed by atoms with Gasteiger partial charge in [-0.1, -0.05) is 0 Å². The zero-order valence-electron chi connectivity index (χ0n) is 11.7. The Labute approximate surface area is 121 Å². The number of carboxylic acids is 1. The minimum atomic E-state index is -1.08. The number of carbonyl (C=O) groups is 3. The second kappa shape index (κ2) is 4.58. The lowest BCUT2D eigenvalue weighted by atomic mass is 9.99. The highest BCUT2D eigenvalue weighted by molar-refractivity contribution is 6.01. The fourth-order valence-corrected chi connectivity index (χ4v) is 2.60. The van der Waals surface area contributed by atoms with E-state index in [2.05, 4.69) is 5.32 Å². The second-order valence-electron chi connectivity index (χ2n) is 5.64. The van der Waals surface area contributed by atoms with Crippen LogP contribution >= 0.6 is 0 Å². The van der Waals surface area contributed by atoms with Gasteiger partial charge in [0.2, 0.25) is 5.91 Å². The molecule has 3 rings (SSSR count). The summed E-state index contributed by atoms with van der Waals surface area (Å²) >= 11 is 0. The summed E-state index contributed by atoms with van der Waals surface area (Å²) in [6.07, 6.45) is 1.96. The molecule has 0 bridgehead atoms. The number of benzene rings is 1. The molecule has 0 radical (unpaired) electrons. The molecule has 110 valence electrons. The van der Waals surface area contributed by atoms with Crippen molar-refractivity contribution in [3.05, 3.63) is 29.3 Å². The lowest BCUT2D eigenvalue weighted by Crippen LogP contribution is -2.43. The Balaban J connectivity index is 1.83. The van der Waals surface area contributed by atoms with E-state index in [4.69, 9.17) is 5.11 Å². The molecule has 0 atom stereocenters. The van der Waals surface area contributed by atoms with Crippen molar-refractivity contribution in [1.29, 1.82) is 0 Å². The molecule has 1 aromatic rings. The van der Waals surface area contributed by atoms with Gasteiger partial charge in [-0.05, 0) is 43.0 Å². The lowest BCUT2D eigenvalue weighted by molar-refractivity contribution is -0.140. The van der Waals surface area contributed by atoms with E-state index in [1.54, 1.807) is 30.1 Å². The first-order valence-corrected chi connectivity index (χ1v) is 6.88. The summed E-state index contributed by atoms with van der Waals surface area (Å²) in [7, 11) is 1.71. The first-order valence-electron chi connectivity index (χ1n) is 6.88. The fourth-order valence-electron chi connectivity index (χ4n) is 2.60. The number of nitrogens with one attached hydrogen (secondary N) is 1. The van der Waals surface area contributed by atoms with Crippen molar-refractivity contribution in [2.75, 3.05) is 11.9 Å². The molecule has 0 unspecified atom stereocenters. The number of anilines is 1. The van der Waals surface area contributed by atoms with Crippen LogP contribution in [0.1, 0.15) is 35.2 Å². The molecular formula is C15H16N2O4. The van der Waals surface area contributed by atoms with Crippen LogP contribution in [0.25, 0.3) is 0 Å². The van der Waals surface area contributed by atoms with Crippen LogP contribution in [0, 0.1) is 0 Å². The molecule has 6 nitrogen and oxygen atoms in total. The Morgan fingerprint density at radius 3 is 2.62 bits per heavy atom. The Kier molecular flexibility index (Phi) is 2.97. The van der Waals surface area contributed by atoms with Crippen LogP contribution in [0.5, 0.6) is 0 Å². The van der Waals surface area contributed by atoms with Crippen LogP contribution < -0.4 is 10.2 Å². The highest BCUT2D eigenvalue weighted by atomic mass is 16.4. The first kappa shape index (κ1) is 13.6. The number of hydrogen-bond donors (Lipinski definition) is 2. The van der Waals surface area contributed by atoms with Gasteiger partial charge < -0.3 is 15.3 Å². The maximum Gasteiger partial charge on any atom is 0.329 e. The van der Waals surface area contributed by atoms with E-state index >= 15 is 0 Å². The van der Waals surface area contributed by atoms with Crippen LogP contribution in [-0.4, -0.2) is 35.5 Å². The van der Waals surface area contributed by atoms with Crippen molar-refractivity contribution >= 4 is 23.5 Å². The summed E-state index contributed by atoms with van der Waals surface area (Å²) in [4.78, 5) is 36.5. The van der Waals surface area contributed by atoms with Crippen LogP contribution in [0.15, 0.2) is 18.2 Å². The number of rotatable bonds is 3. The number of hydrogen-bond acceptors (Lipinski definition) is 3. The van der Waals surface area contributed by atoms with Gasteiger partial charge in [0.1, 0.15) is 5.54 Å². The van der Waals surface area contributed by atoms with Crippen molar-refractivity contribution in [2.24, 2.45) is 0 Å². The van der Waals surface area contributed by atoms with Crippen molar-refractivity contribution < 1.29 is 19.5 Å². The minimum Gasteiger partial charge on any atom is -0.480 e. The molecule has 1 heterocycles. The van der Waals surface area contributed by atoms with Crippen LogP contribution in [-0.2, 0) is 16.0 Å². The Bertz CT molecular complexity index is 649. The van der Waals surface area contributed by atoms with Crippen molar-refractivity contribution in [3.8, 4) is 0 Å². The molecule has 1 aliphatic heterocycles.